The van der Waals surface area contributed by atoms with Crippen molar-refractivity contribution in [3.8, 4) is 0 Å². The van der Waals surface area contributed by atoms with Gasteiger partial charge in [0.25, 0.3) is 0 Å². The van der Waals surface area contributed by atoms with Crippen LogP contribution in [0, 0.1) is 6.92 Å². The second kappa shape index (κ2) is 6.53. The fraction of sp³-hybridized carbons (Fsp3) is 0.643. The first-order chi connectivity index (χ1) is 8.74. The summed E-state index contributed by atoms with van der Waals surface area (Å²) in [4.78, 5) is 7.05. The quantitative estimate of drug-likeness (QED) is 0.926. The average Bonchev–Trinajstić information content (AvgIpc) is 2.41. The molecule has 0 aromatic carbocycles. The summed E-state index contributed by atoms with van der Waals surface area (Å²) in [5.41, 5.74) is 1.25. The van der Waals surface area contributed by atoms with Crippen LogP contribution in [0.2, 0.25) is 0 Å². The van der Waals surface area contributed by atoms with Crippen LogP contribution in [-0.4, -0.2) is 30.7 Å². The molecule has 1 unspecified atom stereocenters. The van der Waals surface area contributed by atoms with Crippen molar-refractivity contribution in [2.75, 3.05) is 24.5 Å². The van der Waals surface area contributed by atoms with Crippen molar-refractivity contribution in [3.63, 3.8) is 0 Å². The summed E-state index contributed by atoms with van der Waals surface area (Å²) >= 11 is 3.69. The lowest BCUT2D eigenvalue weighted by Gasteiger charge is -2.36. The predicted molar refractivity (Wildman–Crippen MR) is 80.2 cm³/mol. The molecule has 1 aliphatic rings. The molecule has 0 aliphatic carbocycles. The van der Waals surface area contributed by atoms with Gasteiger partial charge < -0.3 is 10.2 Å². The molecule has 0 amide bonds. The maximum absolute atomic E-state index is 4.58. The summed E-state index contributed by atoms with van der Waals surface area (Å²) in [6.45, 7) is 7.65. The van der Waals surface area contributed by atoms with E-state index in [0.717, 1.165) is 36.3 Å². The predicted octanol–water partition coefficient (Wildman–Crippen LogP) is 3.12. The van der Waals surface area contributed by atoms with Gasteiger partial charge in [0.1, 0.15) is 5.82 Å². The largest absolute Gasteiger partial charge is 0.351 e. The third kappa shape index (κ3) is 3.04. The van der Waals surface area contributed by atoms with Crippen LogP contribution in [0.15, 0.2) is 16.7 Å². The summed E-state index contributed by atoms with van der Waals surface area (Å²) in [5.74, 6) is 1.10. The monoisotopic (exact) mass is 311 g/mol. The van der Waals surface area contributed by atoms with E-state index in [9.17, 15) is 0 Å². The number of pyridine rings is 1. The Morgan fingerprint density at radius 2 is 2.39 bits per heavy atom. The zero-order valence-corrected chi connectivity index (χ0v) is 12.8. The molecule has 0 saturated carbocycles. The summed E-state index contributed by atoms with van der Waals surface area (Å²) in [7, 11) is 0. The van der Waals surface area contributed by atoms with Crippen LogP contribution in [0.5, 0.6) is 0 Å². The fourth-order valence-corrected chi connectivity index (χ4v) is 2.99. The molecular formula is C14H22BrN3. The highest BCUT2D eigenvalue weighted by atomic mass is 79.9. The third-order valence-corrected chi connectivity index (χ3v) is 4.49. The van der Waals surface area contributed by atoms with Gasteiger partial charge >= 0.3 is 0 Å². The molecule has 0 radical (unpaired) electrons. The highest BCUT2D eigenvalue weighted by Gasteiger charge is 2.23. The average molecular weight is 312 g/mol. The van der Waals surface area contributed by atoms with Gasteiger partial charge in [-0.15, -0.1) is 0 Å². The lowest BCUT2D eigenvalue weighted by molar-refractivity contribution is 0.428. The standard InChI is InChI=1S/C14H22BrN3/c1-3-9-18(12-5-4-7-16-10-12)14-13(15)11(2)6-8-17-14/h6,8,12,16H,3-5,7,9-10H2,1-2H3. The van der Waals surface area contributed by atoms with Gasteiger partial charge in [-0.25, -0.2) is 4.98 Å². The molecule has 1 fully saturated rings. The van der Waals surface area contributed by atoms with E-state index in [4.69, 9.17) is 0 Å². The first kappa shape index (κ1) is 13.8. The van der Waals surface area contributed by atoms with Crippen LogP contribution in [0.1, 0.15) is 31.7 Å². The van der Waals surface area contributed by atoms with Crippen molar-refractivity contribution in [1.29, 1.82) is 0 Å². The van der Waals surface area contributed by atoms with Gasteiger partial charge in [-0.1, -0.05) is 6.92 Å². The summed E-state index contributed by atoms with van der Waals surface area (Å²) in [6, 6.07) is 2.63. The number of aromatic nitrogens is 1. The van der Waals surface area contributed by atoms with Gasteiger partial charge in [-0.05, 0) is 60.3 Å². The molecule has 3 nitrogen and oxygen atoms in total. The molecule has 1 aromatic heterocycles. The second-order valence-electron chi connectivity index (χ2n) is 4.96. The van der Waals surface area contributed by atoms with Crippen molar-refractivity contribution in [2.24, 2.45) is 0 Å². The first-order valence-electron chi connectivity index (χ1n) is 6.82. The Bertz CT molecular complexity index is 389. The summed E-state index contributed by atoms with van der Waals surface area (Å²) in [5, 5.41) is 3.49. The van der Waals surface area contributed by atoms with E-state index in [1.54, 1.807) is 0 Å². The Kier molecular flexibility index (Phi) is 5.01. The molecule has 2 rings (SSSR count). The van der Waals surface area contributed by atoms with Crippen molar-refractivity contribution >= 4 is 21.7 Å². The minimum atomic E-state index is 0.573. The number of nitrogens with one attached hydrogen (secondary N) is 1. The molecule has 100 valence electrons. The fourth-order valence-electron chi connectivity index (χ4n) is 2.53. The molecule has 1 aromatic rings. The maximum atomic E-state index is 4.58. The van der Waals surface area contributed by atoms with E-state index in [1.165, 1.54) is 18.4 Å². The zero-order valence-electron chi connectivity index (χ0n) is 11.2. The molecule has 2 heterocycles. The first-order valence-corrected chi connectivity index (χ1v) is 7.61. The van der Waals surface area contributed by atoms with Crippen LogP contribution >= 0.6 is 15.9 Å². The molecular weight excluding hydrogens is 290 g/mol. The topological polar surface area (TPSA) is 28.2 Å². The van der Waals surface area contributed by atoms with E-state index in [2.05, 4.69) is 51.0 Å². The number of hydrogen-bond donors (Lipinski definition) is 1. The Morgan fingerprint density at radius 1 is 1.56 bits per heavy atom. The van der Waals surface area contributed by atoms with Gasteiger partial charge in [0.15, 0.2) is 0 Å². The molecule has 4 heteroatoms. The number of halogens is 1. The maximum Gasteiger partial charge on any atom is 0.143 e. The normalized spacial score (nSPS) is 19.8. The van der Waals surface area contributed by atoms with Crippen molar-refractivity contribution in [2.45, 2.75) is 39.2 Å². The molecule has 18 heavy (non-hydrogen) atoms. The van der Waals surface area contributed by atoms with Gasteiger partial charge in [0, 0.05) is 25.3 Å². The molecule has 1 atom stereocenters. The van der Waals surface area contributed by atoms with E-state index in [0.29, 0.717) is 6.04 Å². The number of anilines is 1. The number of aryl methyl sites for hydroxylation is 1. The van der Waals surface area contributed by atoms with Crippen LogP contribution in [0.3, 0.4) is 0 Å². The molecule has 0 spiro atoms. The lowest BCUT2D eigenvalue weighted by atomic mass is 10.1. The van der Waals surface area contributed by atoms with Crippen molar-refractivity contribution in [3.05, 3.63) is 22.3 Å². The lowest BCUT2D eigenvalue weighted by Crippen LogP contribution is -2.47. The summed E-state index contributed by atoms with van der Waals surface area (Å²) < 4.78 is 1.14. The van der Waals surface area contributed by atoms with Gasteiger partial charge in [-0.2, -0.15) is 0 Å². The third-order valence-electron chi connectivity index (χ3n) is 3.51. The van der Waals surface area contributed by atoms with E-state index >= 15 is 0 Å². The number of hydrogen-bond acceptors (Lipinski definition) is 3. The Labute approximate surface area is 118 Å². The zero-order chi connectivity index (χ0) is 13.0. The Balaban J connectivity index is 2.25. The molecule has 1 aliphatic heterocycles. The van der Waals surface area contributed by atoms with Crippen LogP contribution in [0.4, 0.5) is 5.82 Å². The number of nitrogens with zero attached hydrogens (tertiary/aromatic N) is 2. The highest BCUT2D eigenvalue weighted by molar-refractivity contribution is 9.10. The van der Waals surface area contributed by atoms with Gasteiger partial charge in [-0.3, -0.25) is 0 Å². The Morgan fingerprint density at radius 3 is 3.06 bits per heavy atom. The van der Waals surface area contributed by atoms with Gasteiger partial charge in [0.2, 0.25) is 0 Å². The second-order valence-corrected chi connectivity index (χ2v) is 5.75. The minimum Gasteiger partial charge on any atom is -0.351 e. The van der Waals surface area contributed by atoms with E-state index < -0.39 is 0 Å². The summed E-state index contributed by atoms with van der Waals surface area (Å²) in [6.07, 6.45) is 5.58. The number of rotatable bonds is 4. The van der Waals surface area contributed by atoms with E-state index in [-0.39, 0.29) is 0 Å². The van der Waals surface area contributed by atoms with Crippen LogP contribution < -0.4 is 10.2 Å². The smallest absolute Gasteiger partial charge is 0.143 e. The molecule has 1 N–H and O–H groups in total. The highest BCUT2D eigenvalue weighted by Crippen LogP contribution is 2.29. The number of piperidine rings is 1. The van der Waals surface area contributed by atoms with Gasteiger partial charge in [0.05, 0.1) is 4.47 Å². The minimum absolute atomic E-state index is 0.573. The Hall–Kier alpha value is -0.610. The van der Waals surface area contributed by atoms with Crippen LogP contribution in [0.25, 0.3) is 0 Å². The van der Waals surface area contributed by atoms with Crippen LogP contribution in [-0.2, 0) is 0 Å². The van der Waals surface area contributed by atoms with Crippen molar-refractivity contribution < 1.29 is 0 Å². The van der Waals surface area contributed by atoms with Crippen molar-refractivity contribution in [1.82, 2.24) is 10.3 Å². The SMILES string of the molecule is CCCN(c1nccc(C)c1Br)C1CCCNC1. The molecule has 1 saturated heterocycles. The van der Waals surface area contributed by atoms with E-state index in [1.807, 2.05) is 6.20 Å². The molecule has 0 bridgehead atoms.